The van der Waals surface area contributed by atoms with E-state index >= 15 is 0 Å². The van der Waals surface area contributed by atoms with Crippen LogP contribution in [-0.2, 0) is 0 Å². The molecule has 1 aromatic rings. The van der Waals surface area contributed by atoms with Gasteiger partial charge in [0, 0.05) is 12.6 Å². The highest BCUT2D eigenvalue weighted by atomic mass is 15.2. The molecule has 2 fully saturated rings. The predicted molar refractivity (Wildman–Crippen MR) is 64.5 cm³/mol. The molecule has 2 aliphatic rings. The van der Waals surface area contributed by atoms with Gasteiger partial charge in [-0.15, -0.1) is 0 Å². The van der Waals surface area contributed by atoms with Gasteiger partial charge in [-0.2, -0.15) is 5.26 Å². The number of piperidine rings is 1. The number of hydrogen-bond donors (Lipinski definition) is 0. The van der Waals surface area contributed by atoms with Crippen LogP contribution in [0.4, 0.5) is 5.82 Å². The number of aromatic nitrogens is 2. The molecule has 1 saturated carbocycles. The highest BCUT2D eigenvalue weighted by Gasteiger charge is 2.35. The molecule has 4 nitrogen and oxygen atoms in total. The summed E-state index contributed by atoms with van der Waals surface area (Å²) < 4.78 is 0. The van der Waals surface area contributed by atoms with E-state index in [2.05, 4.69) is 14.9 Å². The molecule has 88 valence electrons. The van der Waals surface area contributed by atoms with Gasteiger partial charge in [0.2, 0.25) is 0 Å². The first-order chi connectivity index (χ1) is 8.38. The van der Waals surface area contributed by atoms with Crippen LogP contribution < -0.4 is 4.90 Å². The Morgan fingerprint density at radius 2 is 2.06 bits per heavy atom. The van der Waals surface area contributed by atoms with Crippen molar-refractivity contribution in [3.05, 3.63) is 18.1 Å². The molecule has 0 N–H and O–H groups in total. The van der Waals surface area contributed by atoms with E-state index < -0.39 is 0 Å². The second-order valence-electron chi connectivity index (χ2n) is 4.97. The quantitative estimate of drug-likeness (QED) is 0.738. The third-order valence-electron chi connectivity index (χ3n) is 4.04. The van der Waals surface area contributed by atoms with Gasteiger partial charge in [-0.05, 0) is 31.6 Å². The lowest BCUT2D eigenvalue weighted by Gasteiger charge is -2.38. The molecule has 0 amide bonds. The summed E-state index contributed by atoms with van der Waals surface area (Å²) in [5.74, 6) is 1.79. The van der Waals surface area contributed by atoms with Gasteiger partial charge in [0.25, 0.3) is 0 Å². The fraction of sp³-hybridized carbons (Fsp3) is 0.615. The Labute approximate surface area is 101 Å². The lowest BCUT2D eigenvalue weighted by molar-refractivity contribution is 0.360. The number of rotatable bonds is 1. The van der Waals surface area contributed by atoms with Crippen LogP contribution in [0.5, 0.6) is 0 Å². The Morgan fingerprint density at radius 3 is 2.82 bits per heavy atom. The van der Waals surface area contributed by atoms with Crippen molar-refractivity contribution < 1.29 is 0 Å². The molecule has 2 atom stereocenters. The van der Waals surface area contributed by atoms with Crippen LogP contribution in [0.2, 0.25) is 0 Å². The van der Waals surface area contributed by atoms with Gasteiger partial charge >= 0.3 is 0 Å². The number of hydrogen-bond acceptors (Lipinski definition) is 4. The Hall–Kier alpha value is -1.63. The number of nitrogens with zero attached hydrogens (tertiary/aromatic N) is 4. The van der Waals surface area contributed by atoms with Crippen LogP contribution in [0.3, 0.4) is 0 Å². The lowest BCUT2D eigenvalue weighted by Crippen LogP contribution is -2.43. The zero-order chi connectivity index (χ0) is 11.7. The summed E-state index contributed by atoms with van der Waals surface area (Å²) in [7, 11) is 0. The van der Waals surface area contributed by atoms with Crippen LogP contribution in [0.15, 0.2) is 12.4 Å². The van der Waals surface area contributed by atoms with Gasteiger partial charge in [0.05, 0.1) is 12.4 Å². The summed E-state index contributed by atoms with van der Waals surface area (Å²) in [4.78, 5) is 10.9. The minimum absolute atomic E-state index is 0.397. The van der Waals surface area contributed by atoms with Crippen LogP contribution in [0.25, 0.3) is 0 Å². The Balaban J connectivity index is 1.84. The van der Waals surface area contributed by atoms with E-state index in [1.165, 1.54) is 32.1 Å². The number of nitriles is 1. The number of anilines is 1. The third-order valence-corrected chi connectivity index (χ3v) is 4.04. The Kier molecular flexibility index (Phi) is 2.68. The van der Waals surface area contributed by atoms with Gasteiger partial charge < -0.3 is 4.90 Å². The van der Waals surface area contributed by atoms with Crippen molar-refractivity contribution in [3.63, 3.8) is 0 Å². The second-order valence-corrected chi connectivity index (χ2v) is 4.97. The van der Waals surface area contributed by atoms with Crippen molar-refractivity contribution in [2.75, 3.05) is 11.4 Å². The summed E-state index contributed by atoms with van der Waals surface area (Å²) in [5, 5.41) is 8.72. The van der Waals surface area contributed by atoms with Crippen molar-refractivity contribution in [1.82, 2.24) is 9.97 Å². The first kappa shape index (κ1) is 10.5. The van der Waals surface area contributed by atoms with Gasteiger partial charge in [-0.25, -0.2) is 9.97 Å². The SMILES string of the molecule is N#Cc1cnc(N2CCCC3CCCC32)cn1. The maximum Gasteiger partial charge on any atom is 0.158 e. The van der Waals surface area contributed by atoms with Gasteiger partial charge in [0.15, 0.2) is 5.69 Å². The maximum atomic E-state index is 8.72. The fourth-order valence-corrected chi connectivity index (χ4v) is 3.27. The van der Waals surface area contributed by atoms with E-state index in [9.17, 15) is 0 Å². The van der Waals surface area contributed by atoms with Crippen LogP contribution in [0.1, 0.15) is 37.8 Å². The molecule has 0 bridgehead atoms. The molecule has 2 unspecified atom stereocenters. The Bertz CT molecular complexity index is 434. The van der Waals surface area contributed by atoms with E-state index in [1.807, 2.05) is 6.07 Å². The molecule has 1 aliphatic heterocycles. The van der Waals surface area contributed by atoms with Gasteiger partial charge in [0.1, 0.15) is 11.9 Å². The first-order valence-corrected chi connectivity index (χ1v) is 6.37. The zero-order valence-corrected chi connectivity index (χ0v) is 9.84. The molecule has 1 saturated heterocycles. The molecule has 2 heterocycles. The third kappa shape index (κ3) is 1.86. The standard InChI is InChI=1S/C13H16N4/c14-7-11-8-16-13(9-15-11)17-6-2-4-10-3-1-5-12(10)17/h8-10,12H,1-6H2. The molecular weight excluding hydrogens is 212 g/mol. The number of fused-ring (bicyclic) bond motifs is 1. The highest BCUT2D eigenvalue weighted by Crippen LogP contribution is 2.38. The van der Waals surface area contributed by atoms with E-state index in [-0.39, 0.29) is 0 Å². The van der Waals surface area contributed by atoms with Crippen molar-refractivity contribution in [3.8, 4) is 6.07 Å². The predicted octanol–water partition coefficient (Wildman–Crippen LogP) is 2.12. The average molecular weight is 228 g/mol. The molecule has 4 heteroatoms. The minimum Gasteiger partial charge on any atom is -0.352 e. The summed E-state index contributed by atoms with van der Waals surface area (Å²) >= 11 is 0. The largest absolute Gasteiger partial charge is 0.352 e. The summed E-state index contributed by atoms with van der Waals surface area (Å²) in [6.45, 7) is 1.09. The second kappa shape index (κ2) is 4.33. The normalized spacial score (nSPS) is 27.6. The fourth-order valence-electron chi connectivity index (χ4n) is 3.27. The van der Waals surface area contributed by atoms with Crippen LogP contribution in [0, 0.1) is 17.2 Å². The smallest absolute Gasteiger partial charge is 0.158 e. The van der Waals surface area contributed by atoms with E-state index in [0.717, 1.165) is 18.3 Å². The van der Waals surface area contributed by atoms with E-state index in [0.29, 0.717) is 11.7 Å². The summed E-state index contributed by atoms with van der Waals surface area (Å²) in [5.41, 5.74) is 0.397. The van der Waals surface area contributed by atoms with Crippen molar-refractivity contribution in [2.24, 2.45) is 5.92 Å². The summed E-state index contributed by atoms with van der Waals surface area (Å²) in [6, 6.07) is 2.67. The van der Waals surface area contributed by atoms with Gasteiger partial charge in [-0.1, -0.05) is 6.42 Å². The van der Waals surface area contributed by atoms with E-state index in [4.69, 9.17) is 5.26 Å². The van der Waals surface area contributed by atoms with Crippen molar-refractivity contribution in [1.29, 1.82) is 5.26 Å². The molecule has 1 aromatic heterocycles. The minimum atomic E-state index is 0.397. The maximum absolute atomic E-state index is 8.72. The van der Waals surface area contributed by atoms with Crippen LogP contribution >= 0.6 is 0 Å². The topological polar surface area (TPSA) is 52.8 Å². The van der Waals surface area contributed by atoms with Crippen LogP contribution in [-0.4, -0.2) is 22.6 Å². The molecule has 17 heavy (non-hydrogen) atoms. The molecule has 3 rings (SSSR count). The molecule has 0 spiro atoms. The summed E-state index contributed by atoms with van der Waals surface area (Å²) in [6.07, 6.45) is 9.94. The first-order valence-electron chi connectivity index (χ1n) is 6.37. The highest BCUT2D eigenvalue weighted by molar-refractivity contribution is 5.40. The van der Waals surface area contributed by atoms with E-state index in [1.54, 1.807) is 12.4 Å². The molecule has 0 radical (unpaired) electrons. The monoisotopic (exact) mass is 228 g/mol. The molecule has 0 aromatic carbocycles. The van der Waals surface area contributed by atoms with Crippen molar-refractivity contribution >= 4 is 5.82 Å². The Morgan fingerprint density at radius 1 is 1.18 bits per heavy atom. The van der Waals surface area contributed by atoms with Gasteiger partial charge in [-0.3, -0.25) is 0 Å². The zero-order valence-electron chi connectivity index (χ0n) is 9.84. The molecule has 1 aliphatic carbocycles. The van der Waals surface area contributed by atoms with Crippen molar-refractivity contribution in [2.45, 2.75) is 38.1 Å². The lowest BCUT2D eigenvalue weighted by atomic mass is 9.92. The molecular formula is C13H16N4. The average Bonchev–Trinajstić information content (AvgIpc) is 2.87.